The van der Waals surface area contributed by atoms with Crippen LogP contribution < -0.4 is 5.32 Å². The Morgan fingerprint density at radius 2 is 2.16 bits per heavy atom. The molecule has 0 bridgehead atoms. The van der Waals surface area contributed by atoms with Crippen molar-refractivity contribution < 1.29 is 14.3 Å². The number of hydrogen-bond acceptors (Lipinski definition) is 5. The highest BCUT2D eigenvalue weighted by Gasteiger charge is 2.19. The van der Waals surface area contributed by atoms with Crippen LogP contribution in [0.25, 0.3) is 0 Å². The van der Waals surface area contributed by atoms with Crippen molar-refractivity contribution in [2.24, 2.45) is 0 Å². The maximum atomic E-state index is 12.3. The Labute approximate surface area is 147 Å². The second kappa shape index (κ2) is 8.69. The number of hydrogen-bond donors (Lipinski definition) is 1. The van der Waals surface area contributed by atoms with Gasteiger partial charge in [0, 0.05) is 31.4 Å². The van der Waals surface area contributed by atoms with Gasteiger partial charge in [-0.05, 0) is 36.6 Å². The molecule has 2 heterocycles. The quantitative estimate of drug-likeness (QED) is 0.874. The smallest absolute Gasteiger partial charge is 0.251 e. The Hall–Kier alpha value is -2.31. The largest absolute Gasteiger partial charge is 0.381 e. The zero-order chi connectivity index (χ0) is 17.5. The minimum atomic E-state index is -0.120. The van der Waals surface area contributed by atoms with Gasteiger partial charge < -0.3 is 14.8 Å². The molecule has 1 N–H and O–H groups in total. The minimum absolute atomic E-state index is 0.120. The predicted octanol–water partition coefficient (Wildman–Crippen LogP) is 2.45. The van der Waals surface area contributed by atoms with Crippen molar-refractivity contribution in [1.82, 2.24) is 15.3 Å². The summed E-state index contributed by atoms with van der Waals surface area (Å²) in [6.07, 6.45) is 3.83. The molecule has 1 aliphatic rings. The van der Waals surface area contributed by atoms with Crippen LogP contribution in [0.4, 0.5) is 0 Å². The Morgan fingerprint density at radius 3 is 2.88 bits per heavy atom. The van der Waals surface area contributed by atoms with E-state index in [0.717, 1.165) is 36.5 Å². The standard InChI is InChI=1S/C19H23N3O3/c1-24-12-14-4-6-15(7-5-14)19(23)21-11-17-8-9-20-18(22-17)16-3-2-10-25-13-16/h4-9,16H,2-3,10-13H2,1H3,(H,21,23)/t16-/m0/s1. The van der Waals surface area contributed by atoms with E-state index in [1.54, 1.807) is 25.4 Å². The molecular weight excluding hydrogens is 318 g/mol. The molecule has 132 valence electrons. The van der Waals surface area contributed by atoms with E-state index in [1.165, 1.54) is 0 Å². The van der Waals surface area contributed by atoms with Crippen LogP contribution in [-0.4, -0.2) is 36.2 Å². The first-order valence-corrected chi connectivity index (χ1v) is 8.52. The predicted molar refractivity (Wildman–Crippen MR) is 93.2 cm³/mol. The van der Waals surface area contributed by atoms with E-state index < -0.39 is 0 Å². The number of methoxy groups -OCH3 is 1. The number of carbonyl (C=O) groups is 1. The van der Waals surface area contributed by atoms with Gasteiger partial charge >= 0.3 is 0 Å². The van der Waals surface area contributed by atoms with Gasteiger partial charge in [-0.1, -0.05) is 12.1 Å². The van der Waals surface area contributed by atoms with Gasteiger partial charge in [0.25, 0.3) is 5.91 Å². The normalized spacial score (nSPS) is 17.2. The first-order valence-electron chi connectivity index (χ1n) is 8.52. The molecule has 3 rings (SSSR count). The van der Waals surface area contributed by atoms with Gasteiger partial charge in [0.1, 0.15) is 5.82 Å². The molecule has 0 saturated carbocycles. The monoisotopic (exact) mass is 341 g/mol. The Morgan fingerprint density at radius 1 is 1.32 bits per heavy atom. The number of amides is 1. The van der Waals surface area contributed by atoms with Crippen molar-refractivity contribution in [3.05, 3.63) is 59.2 Å². The van der Waals surface area contributed by atoms with Crippen LogP contribution in [0, 0.1) is 0 Å². The van der Waals surface area contributed by atoms with Crippen LogP contribution in [0.15, 0.2) is 36.5 Å². The molecule has 1 aromatic carbocycles. The SMILES string of the molecule is COCc1ccc(C(=O)NCc2ccnc([C@H]3CCCOC3)n2)cc1. The molecule has 0 radical (unpaired) electrons. The van der Waals surface area contributed by atoms with Gasteiger partial charge in [-0.25, -0.2) is 9.97 Å². The molecule has 25 heavy (non-hydrogen) atoms. The molecule has 0 spiro atoms. The molecule has 6 heteroatoms. The minimum Gasteiger partial charge on any atom is -0.381 e. The Kier molecular flexibility index (Phi) is 6.09. The summed E-state index contributed by atoms with van der Waals surface area (Å²) in [7, 11) is 1.65. The van der Waals surface area contributed by atoms with Gasteiger partial charge in [0.2, 0.25) is 0 Å². The summed E-state index contributed by atoms with van der Waals surface area (Å²) in [4.78, 5) is 21.2. The lowest BCUT2D eigenvalue weighted by atomic mass is 10.0. The summed E-state index contributed by atoms with van der Waals surface area (Å²) in [5, 5.41) is 2.91. The Bertz CT molecular complexity index is 697. The summed E-state index contributed by atoms with van der Waals surface area (Å²) in [6.45, 7) is 2.40. The molecule has 1 saturated heterocycles. The molecular formula is C19H23N3O3. The van der Waals surface area contributed by atoms with Gasteiger partial charge in [0.05, 0.1) is 25.5 Å². The van der Waals surface area contributed by atoms with E-state index in [9.17, 15) is 4.79 Å². The number of aromatic nitrogens is 2. The van der Waals surface area contributed by atoms with E-state index in [0.29, 0.717) is 25.3 Å². The number of rotatable bonds is 6. The highest BCUT2D eigenvalue weighted by molar-refractivity contribution is 5.94. The number of ether oxygens (including phenoxy) is 2. The topological polar surface area (TPSA) is 73.3 Å². The molecule has 0 aliphatic carbocycles. The maximum absolute atomic E-state index is 12.3. The summed E-state index contributed by atoms with van der Waals surface area (Å²) >= 11 is 0. The zero-order valence-electron chi connectivity index (χ0n) is 14.4. The average molecular weight is 341 g/mol. The third-order valence-electron chi connectivity index (χ3n) is 4.21. The molecule has 1 aliphatic heterocycles. The summed E-state index contributed by atoms with van der Waals surface area (Å²) < 4.78 is 10.6. The van der Waals surface area contributed by atoms with Crippen LogP contribution in [0.2, 0.25) is 0 Å². The number of nitrogens with zero attached hydrogens (tertiary/aromatic N) is 2. The molecule has 1 amide bonds. The number of benzene rings is 1. The molecule has 6 nitrogen and oxygen atoms in total. The van der Waals surface area contributed by atoms with Crippen LogP contribution >= 0.6 is 0 Å². The van der Waals surface area contributed by atoms with Crippen molar-refractivity contribution in [3.8, 4) is 0 Å². The lowest BCUT2D eigenvalue weighted by molar-refractivity contribution is 0.0779. The fraction of sp³-hybridized carbons (Fsp3) is 0.421. The molecule has 1 aromatic heterocycles. The summed E-state index contributed by atoms with van der Waals surface area (Å²) in [5.41, 5.74) is 2.46. The molecule has 1 fully saturated rings. The summed E-state index contributed by atoms with van der Waals surface area (Å²) in [5.74, 6) is 0.929. The zero-order valence-corrected chi connectivity index (χ0v) is 14.4. The lowest BCUT2D eigenvalue weighted by Gasteiger charge is -2.20. The van der Waals surface area contributed by atoms with Gasteiger partial charge in [-0.2, -0.15) is 0 Å². The summed E-state index contributed by atoms with van der Waals surface area (Å²) in [6, 6.07) is 9.21. The lowest BCUT2D eigenvalue weighted by Crippen LogP contribution is -2.24. The second-order valence-electron chi connectivity index (χ2n) is 6.13. The van der Waals surface area contributed by atoms with Crippen molar-refractivity contribution in [3.63, 3.8) is 0 Å². The van der Waals surface area contributed by atoms with Gasteiger partial charge in [0.15, 0.2) is 0 Å². The average Bonchev–Trinajstić information content (AvgIpc) is 2.68. The fourth-order valence-electron chi connectivity index (χ4n) is 2.84. The highest BCUT2D eigenvalue weighted by Crippen LogP contribution is 2.22. The second-order valence-corrected chi connectivity index (χ2v) is 6.13. The van der Waals surface area contributed by atoms with Crippen molar-refractivity contribution in [2.75, 3.05) is 20.3 Å². The maximum Gasteiger partial charge on any atom is 0.251 e. The van der Waals surface area contributed by atoms with E-state index in [-0.39, 0.29) is 11.8 Å². The van der Waals surface area contributed by atoms with E-state index >= 15 is 0 Å². The van der Waals surface area contributed by atoms with Crippen molar-refractivity contribution in [1.29, 1.82) is 0 Å². The molecule has 2 aromatic rings. The van der Waals surface area contributed by atoms with Crippen molar-refractivity contribution in [2.45, 2.75) is 31.9 Å². The third kappa shape index (κ3) is 4.84. The first kappa shape index (κ1) is 17.5. The fourth-order valence-corrected chi connectivity index (χ4v) is 2.84. The van der Waals surface area contributed by atoms with Gasteiger partial charge in [-0.3, -0.25) is 4.79 Å². The number of carbonyl (C=O) groups excluding carboxylic acids is 1. The van der Waals surface area contributed by atoms with E-state index in [2.05, 4.69) is 15.3 Å². The van der Waals surface area contributed by atoms with Crippen LogP contribution in [0.5, 0.6) is 0 Å². The van der Waals surface area contributed by atoms with Gasteiger partial charge in [-0.15, -0.1) is 0 Å². The van der Waals surface area contributed by atoms with E-state index in [4.69, 9.17) is 9.47 Å². The molecule has 0 unspecified atom stereocenters. The third-order valence-corrected chi connectivity index (χ3v) is 4.21. The molecule has 1 atom stereocenters. The van der Waals surface area contributed by atoms with Crippen molar-refractivity contribution >= 4 is 5.91 Å². The van der Waals surface area contributed by atoms with E-state index in [1.807, 2.05) is 18.2 Å². The number of nitrogens with one attached hydrogen (secondary N) is 1. The first-order chi connectivity index (χ1) is 12.3. The van der Waals surface area contributed by atoms with Crippen LogP contribution in [0.1, 0.15) is 46.2 Å². The van der Waals surface area contributed by atoms with Crippen LogP contribution in [0.3, 0.4) is 0 Å². The highest BCUT2D eigenvalue weighted by atomic mass is 16.5. The Balaban J connectivity index is 1.58. The van der Waals surface area contributed by atoms with Crippen LogP contribution in [-0.2, 0) is 22.6 Å².